The lowest BCUT2D eigenvalue weighted by atomic mass is 10.0. The fourth-order valence-corrected chi connectivity index (χ4v) is 2.60. The Morgan fingerprint density at radius 1 is 1.04 bits per heavy atom. The molecule has 0 saturated heterocycles. The summed E-state index contributed by atoms with van der Waals surface area (Å²) in [6.45, 7) is 1.86. The van der Waals surface area contributed by atoms with Crippen LogP contribution in [0.5, 0.6) is 5.75 Å². The van der Waals surface area contributed by atoms with Gasteiger partial charge in [0.15, 0.2) is 17.4 Å². The molecule has 5 nitrogen and oxygen atoms in total. The molecule has 0 amide bonds. The second kappa shape index (κ2) is 6.44. The number of rotatable bonds is 3. The first-order valence-corrected chi connectivity index (χ1v) is 7.61. The number of phenols is 1. The lowest BCUT2D eigenvalue weighted by Crippen LogP contribution is -2.25. The van der Waals surface area contributed by atoms with Crippen LogP contribution >= 0.6 is 0 Å². The van der Waals surface area contributed by atoms with E-state index < -0.39 is 40.2 Å². The van der Waals surface area contributed by atoms with Gasteiger partial charge in [0.05, 0.1) is 5.56 Å². The van der Waals surface area contributed by atoms with E-state index in [0.29, 0.717) is 22.3 Å². The molecule has 0 aliphatic heterocycles. The topological polar surface area (TPSA) is 85.3 Å². The van der Waals surface area contributed by atoms with Crippen LogP contribution in [0.2, 0.25) is 0 Å². The Morgan fingerprint density at radius 3 is 2.19 bits per heavy atom. The highest BCUT2D eigenvalue weighted by atomic mass is 19.1. The largest absolute Gasteiger partial charge is 0.508 e. The van der Waals surface area contributed by atoms with Crippen LogP contribution in [0.1, 0.15) is 21.5 Å². The molecule has 0 aliphatic rings. The number of benzene rings is 2. The van der Waals surface area contributed by atoms with Crippen molar-refractivity contribution in [1.82, 2.24) is 4.57 Å². The van der Waals surface area contributed by atoms with Crippen molar-refractivity contribution in [3.63, 3.8) is 0 Å². The van der Waals surface area contributed by atoms with Crippen LogP contribution in [-0.2, 0) is 0 Å². The maximum absolute atomic E-state index is 14.2. The normalized spacial score (nSPS) is 10.7. The summed E-state index contributed by atoms with van der Waals surface area (Å²) in [6.07, 6.45) is 0. The first-order chi connectivity index (χ1) is 12.3. The van der Waals surface area contributed by atoms with E-state index in [0.717, 1.165) is 11.6 Å². The SMILES string of the molecule is Cc1ccc(C(=O)c2ccc(=O)n(-c3c(F)cc(O)cc3F)c2N)cc1. The van der Waals surface area contributed by atoms with Gasteiger partial charge in [-0.05, 0) is 13.0 Å². The van der Waals surface area contributed by atoms with Crippen LogP contribution in [0.4, 0.5) is 14.6 Å². The van der Waals surface area contributed by atoms with Crippen LogP contribution in [0.15, 0.2) is 53.3 Å². The summed E-state index contributed by atoms with van der Waals surface area (Å²) in [5.74, 6) is -3.89. The predicted octanol–water partition coefficient (Wildman–Crippen LogP) is 2.94. The number of ketones is 1. The third-order valence-electron chi connectivity index (χ3n) is 3.91. The van der Waals surface area contributed by atoms with Crippen molar-refractivity contribution < 1.29 is 18.7 Å². The molecule has 1 aromatic heterocycles. The van der Waals surface area contributed by atoms with Crippen molar-refractivity contribution in [3.05, 3.63) is 87.2 Å². The first kappa shape index (κ1) is 17.3. The summed E-state index contributed by atoms with van der Waals surface area (Å²) in [6, 6.07) is 10.2. The number of carbonyl (C=O) groups excluding carboxylic acids is 1. The van der Waals surface area contributed by atoms with E-state index in [9.17, 15) is 23.5 Å². The number of aryl methyl sites for hydroxylation is 1. The van der Waals surface area contributed by atoms with Crippen molar-refractivity contribution in [2.75, 3.05) is 5.73 Å². The fourth-order valence-electron chi connectivity index (χ4n) is 2.60. The zero-order valence-electron chi connectivity index (χ0n) is 13.7. The Hall–Kier alpha value is -3.48. The van der Waals surface area contributed by atoms with E-state index in [1.807, 2.05) is 6.92 Å². The third-order valence-corrected chi connectivity index (χ3v) is 3.91. The van der Waals surface area contributed by atoms with Gasteiger partial charge in [0.25, 0.3) is 5.56 Å². The highest BCUT2D eigenvalue weighted by Crippen LogP contribution is 2.26. The van der Waals surface area contributed by atoms with Crippen LogP contribution in [-0.4, -0.2) is 15.5 Å². The second-order valence-electron chi connectivity index (χ2n) is 5.76. The zero-order chi connectivity index (χ0) is 19.0. The number of nitrogens with two attached hydrogens (primary N) is 1. The Bertz CT molecular complexity index is 1050. The average molecular weight is 356 g/mol. The number of nitrogen functional groups attached to an aromatic ring is 1. The molecule has 0 bridgehead atoms. The number of hydrogen-bond donors (Lipinski definition) is 2. The Morgan fingerprint density at radius 2 is 1.62 bits per heavy atom. The molecule has 132 valence electrons. The lowest BCUT2D eigenvalue weighted by Gasteiger charge is -2.14. The molecule has 0 saturated carbocycles. The summed E-state index contributed by atoms with van der Waals surface area (Å²) >= 11 is 0. The van der Waals surface area contributed by atoms with Gasteiger partial charge in [-0.15, -0.1) is 0 Å². The van der Waals surface area contributed by atoms with Gasteiger partial charge in [-0.25, -0.2) is 8.78 Å². The van der Waals surface area contributed by atoms with Gasteiger partial charge in [-0.3, -0.25) is 14.2 Å². The number of hydrogen-bond acceptors (Lipinski definition) is 4. The second-order valence-corrected chi connectivity index (χ2v) is 5.76. The maximum atomic E-state index is 14.2. The van der Waals surface area contributed by atoms with Gasteiger partial charge in [0.2, 0.25) is 0 Å². The number of carbonyl (C=O) groups is 1. The van der Waals surface area contributed by atoms with Gasteiger partial charge in [0, 0.05) is 23.8 Å². The van der Waals surface area contributed by atoms with E-state index in [4.69, 9.17) is 5.73 Å². The molecule has 0 unspecified atom stereocenters. The molecule has 0 spiro atoms. The third kappa shape index (κ3) is 2.95. The highest BCUT2D eigenvalue weighted by Gasteiger charge is 2.21. The van der Waals surface area contributed by atoms with Crippen LogP contribution < -0.4 is 11.3 Å². The smallest absolute Gasteiger partial charge is 0.256 e. The monoisotopic (exact) mass is 356 g/mol. The predicted molar refractivity (Wildman–Crippen MR) is 92.6 cm³/mol. The fraction of sp³-hybridized carbons (Fsp3) is 0.0526. The molecular formula is C19H14F2N2O3. The molecule has 26 heavy (non-hydrogen) atoms. The van der Waals surface area contributed by atoms with E-state index >= 15 is 0 Å². The van der Waals surface area contributed by atoms with Crippen LogP contribution in [0.25, 0.3) is 5.69 Å². The lowest BCUT2D eigenvalue weighted by molar-refractivity contribution is 0.103. The summed E-state index contributed by atoms with van der Waals surface area (Å²) in [5, 5.41) is 9.26. The van der Waals surface area contributed by atoms with E-state index in [-0.39, 0.29) is 5.56 Å². The maximum Gasteiger partial charge on any atom is 0.256 e. The summed E-state index contributed by atoms with van der Waals surface area (Å²) < 4.78 is 28.9. The van der Waals surface area contributed by atoms with Gasteiger partial charge >= 0.3 is 0 Å². The molecule has 0 atom stereocenters. The van der Waals surface area contributed by atoms with Crippen molar-refractivity contribution in [1.29, 1.82) is 0 Å². The Kier molecular flexibility index (Phi) is 4.29. The van der Waals surface area contributed by atoms with Crippen LogP contribution in [0, 0.1) is 18.6 Å². The van der Waals surface area contributed by atoms with Gasteiger partial charge < -0.3 is 10.8 Å². The summed E-state index contributed by atoms with van der Waals surface area (Å²) in [5.41, 5.74) is 5.53. The molecule has 3 rings (SSSR count). The Labute approximate surface area is 146 Å². The molecule has 7 heteroatoms. The molecule has 0 fully saturated rings. The van der Waals surface area contributed by atoms with Gasteiger partial charge in [-0.1, -0.05) is 29.8 Å². The highest BCUT2D eigenvalue weighted by molar-refractivity contribution is 6.11. The van der Waals surface area contributed by atoms with Gasteiger partial charge in [-0.2, -0.15) is 0 Å². The number of halogens is 2. The van der Waals surface area contributed by atoms with Crippen LogP contribution in [0.3, 0.4) is 0 Å². The standard InChI is InChI=1S/C19H14F2N2O3/c1-10-2-4-11(5-3-10)18(26)13-6-7-16(25)23(19(13)22)17-14(20)8-12(24)9-15(17)21/h2-9,24H,22H2,1H3. The molecule has 1 heterocycles. The summed E-state index contributed by atoms with van der Waals surface area (Å²) in [4.78, 5) is 24.8. The minimum atomic E-state index is -1.18. The molecule has 2 aromatic carbocycles. The molecule has 3 aromatic rings. The minimum Gasteiger partial charge on any atom is -0.508 e. The first-order valence-electron chi connectivity index (χ1n) is 7.61. The number of aromatic hydroxyl groups is 1. The Balaban J connectivity index is 2.21. The van der Waals surface area contributed by atoms with Crippen molar-refractivity contribution in [2.24, 2.45) is 0 Å². The number of phenolic OH excluding ortho intramolecular Hbond substituents is 1. The number of aromatic nitrogens is 1. The molecule has 0 aliphatic carbocycles. The van der Waals surface area contributed by atoms with E-state index in [1.165, 1.54) is 6.07 Å². The zero-order valence-corrected chi connectivity index (χ0v) is 13.7. The van der Waals surface area contributed by atoms with E-state index in [1.54, 1.807) is 24.3 Å². The molecular weight excluding hydrogens is 342 g/mol. The molecule has 3 N–H and O–H groups in total. The quantitative estimate of drug-likeness (QED) is 0.707. The van der Waals surface area contributed by atoms with Gasteiger partial charge in [0.1, 0.15) is 17.3 Å². The van der Waals surface area contributed by atoms with Crippen molar-refractivity contribution >= 4 is 11.6 Å². The van der Waals surface area contributed by atoms with Crippen molar-refractivity contribution in [3.8, 4) is 11.4 Å². The van der Waals surface area contributed by atoms with E-state index in [2.05, 4.69) is 0 Å². The average Bonchev–Trinajstić information content (AvgIpc) is 2.57. The number of pyridine rings is 1. The number of anilines is 1. The van der Waals surface area contributed by atoms with Crippen molar-refractivity contribution in [2.45, 2.75) is 6.92 Å². The minimum absolute atomic E-state index is 0.0691. The summed E-state index contributed by atoms with van der Waals surface area (Å²) in [7, 11) is 0. The number of nitrogens with zero attached hydrogens (tertiary/aromatic N) is 1. The molecule has 0 radical (unpaired) electrons.